The minimum atomic E-state index is 0.450. The van der Waals surface area contributed by atoms with Crippen LogP contribution < -0.4 is 0 Å². The van der Waals surface area contributed by atoms with Gasteiger partial charge in [0.1, 0.15) is 0 Å². The van der Waals surface area contributed by atoms with E-state index in [2.05, 4.69) is 79.7 Å². The van der Waals surface area contributed by atoms with Crippen LogP contribution in [-0.4, -0.2) is 0 Å². The van der Waals surface area contributed by atoms with E-state index in [1.165, 1.54) is 42.8 Å². The van der Waals surface area contributed by atoms with Crippen molar-refractivity contribution < 1.29 is 0 Å². The molecule has 0 saturated heterocycles. The summed E-state index contributed by atoms with van der Waals surface area (Å²) in [6, 6.07) is 22.0. The molecule has 1 unspecified atom stereocenters. The van der Waals surface area contributed by atoms with E-state index in [4.69, 9.17) is 0 Å². The zero-order chi connectivity index (χ0) is 17.4. The fourth-order valence-electron chi connectivity index (χ4n) is 3.72. The lowest BCUT2D eigenvalue weighted by Crippen LogP contribution is -1.88. The van der Waals surface area contributed by atoms with Crippen molar-refractivity contribution in [2.75, 3.05) is 0 Å². The molecule has 0 bridgehead atoms. The maximum Gasteiger partial charge on any atom is 0.0353 e. The molecule has 3 aromatic carbocycles. The largest absolute Gasteiger partial charge is 0.0932 e. The zero-order valence-corrected chi connectivity index (χ0v) is 15.7. The smallest absolute Gasteiger partial charge is 0.0353 e. The Morgan fingerprint density at radius 3 is 2.36 bits per heavy atom. The SMILES string of the molecule is CC.Cc1ccc(C2=CC3C(=C2)Sc2ccccc23)c2ccccc12. The monoisotopic (exact) mass is 342 g/mol. The van der Waals surface area contributed by atoms with E-state index in [1.54, 1.807) is 0 Å². The molecule has 0 saturated carbocycles. The molecule has 0 amide bonds. The summed E-state index contributed by atoms with van der Waals surface area (Å²) in [6.45, 7) is 6.19. The van der Waals surface area contributed by atoms with Crippen molar-refractivity contribution >= 4 is 28.1 Å². The summed E-state index contributed by atoms with van der Waals surface area (Å²) >= 11 is 1.92. The minimum absolute atomic E-state index is 0.450. The van der Waals surface area contributed by atoms with Crippen LogP contribution in [-0.2, 0) is 0 Å². The predicted molar refractivity (Wildman–Crippen MR) is 111 cm³/mol. The zero-order valence-electron chi connectivity index (χ0n) is 14.9. The van der Waals surface area contributed by atoms with Crippen molar-refractivity contribution in [1.29, 1.82) is 0 Å². The van der Waals surface area contributed by atoms with Gasteiger partial charge in [0.2, 0.25) is 0 Å². The van der Waals surface area contributed by atoms with Gasteiger partial charge < -0.3 is 0 Å². The van der Waals surface area contributed by atoms with Gasteiger partial charge >= 0.3 is 0 Å². The third kappa shape index (κ3) is 2.63. The average molecular weight is 343 g/mol. The Hall–Kier alpha value is -2.25. The minimum Gasteiger partial charge on any atom is -0.0932 e. The van der Waals surface area contributed by atoms with Gasteiger partial charge in [-0.15, -0.1) is 0 Å². The van der Waals surface area contributed by atoms with Crippen molar-refractivity contribution in [3.63, 3.8) is 0 Å². The van der Waals surface area contributed by atoms with Gasteiger partial charge in [-0.3, -0.25) is 0 Å². The van der Waals surface area contributed by atoms with Crippen LogP contribution in [0.25, 0.3) is 16.3 Å². The molecule has 1 heteroatoms. The fraction of sp³-hybridized carbons (Fsp3) is 0.167. The molecule has 2 aliphatic rings. The van der Waals surface area contributed by atoms with E-state index in [-0.39, 0.29) is 0 Å². The van der Waals surface area contributed by atoms with E-state index in [9.17, 15) is 0 Å². The molecule has 5 rings (SSSR count). The van der Waals surface area contributed by atoms with Crippen molar-refractivity contribution in [3.8, 4) is 0 Å². The second-order valence-electron chi connectivity index (χ2n) is 6.26. The summed E-state index contributed by atoms with van der Waals surface area (Å²) in [6.07, 6.45) is 4.82. The normalized spacial score (nSPS) is 17.3. The summed E-state index contributed by atoms with van der Waals surface area (Å²) in [5, 5.41) is 2.71. The summed E-state index contributed by atoms with van der Waals surface area (Å²) in [5.41, 5.74) is 5.51. The van der Waals surface area contributed by atoms with Crippen LogP contribution in [0.5, 0.6) is 0 Å². The number of fused-ring (bicyclic) bond motifs is 4. The maximum atomic E-state index is 2.44. The Morgan fingerprint density at radius 2 is 1.52 bits per heavy atom. The first-order valence-corrected chi connectivity index (χ1v) is 9.82. The Morgan fingerprint density at radius 1 is 0.800 bits per heavy atom. The lowest BCUT2D eigenvalue weighted by molar-refractivity contribution is 1.07. The molecule has 0 spiro atoms. The van der Waals surface area contributed by atoms with Gasteiger partial charge in [0.25, 0.3) is 0 Å². The van der Waals surface area contributed by atoms with Crippen LogP contribution in [0.3, 0.4) is 0 Å². The molecule has 124 valence electrons. The lowest BCUT2D eigenvalue weighted by atomic mass is 9.95. The van der Waals surface area contributed by atoms with Gasteiger partial charge in [0.05, 0.1) is 0 Å². The van der Waals surface area contributed by atoms with Gasteiger partial charge in [-0.25, -0.2) is 0 Å². The van der Waals surface area contributed by atoms with Crippen LogP contribution in [0.15, 0.2) is 82.6 Å². The highest BCUT2D eigenvalue weighted by atomic mass is 32.2. The first kappa shape index (κ1) is 16.2. The molecule has 3 aromatic rings. The van der Waals surface area contributed by atoms with Gasteiger partial charge in [-0.2, -0.15) is 0 Å². The Kier molecular flexibility index (Phi) is 4.27. The van der Waals surface area contributed by atoms with Gasteiger partial charge in [-0.05, 0) is 52.1 Å². The Bertz CT molecular complexity index is 1010. The van der Waals surface area contributed by atoms with E-state index >= 15 is 0 Å². The molecule has 1 aliphatic carbocycles. The number of thioether (sulfide) groups is 1. The van der Waals surface area contributed by atoms with Crippen LogP contribution in [0, 0.1) is 6.92 Å². The highest BCUT2D eigenvalue weighted by Gasteiger charge is 2.30. The summed E-state index contributed by atoms with van der Waals surface area (Å²) in [4.78, 5) is 2.87. The number of benzene rings is 3. The Balaban J connectivity index is 0.000000758. The molecule has 0 N–H and O–H groups in total. The lowest BCUT2D eigenvalue weighted by Gasteiger charge is -2.09. The summed E-state index contributed by atoms with van der Waals surface area (Å²) in [7, 11) is 0. The van der Waals surface area contributed by atoms with Gasteiger partial charge in [0, 0.05) is 15.7 Å². The number of allylic oxidation sites excluding steroid dienone is 4. The van der Waals surface area contributed by atoms with E-state index in [0.717, 1.165) is 0 Å². The quantitative estimate of drug-likeness (QED) is 0.445. The standard InChI is InChI=1S/C22H16S.C2H6/c1-14-10-11-17(18-7-3-2-6-16(14)18)15-12-20-19-8-4-5-9-21(19)23-22(20)13-15;1-2/h2-13,20H,1H3;1-2H3. The summed E-state index contributed by atoms with van der Waals surface area (Å²) in [5.74, 6) is 0.450. The van der Waals surface area contributed by atoms with Crippen molar-refractivity contribution in [3.05, 3.63) is 94.4 Å². The average Bonchev–Trinajstić information content (AvgIpc) is 3.22. The number of hydrogen-bond acceptors (Lipinski definition) is 1. The van der Waals surface area contributed by atoms with Crippen molar-refractivity contribution in [2.24, 2.45) is 0 Å². The first-order chi connectivity index (χ1) is 12.3. The molecule has 1 aliphatic heterocycles. The van der Waals surface area contributed by atoms with Crippen molar-refractivity contribution in [1.82, 2.24) is 0 Å². The third-order valence-corrected chi connectivity index (χ3v) is 6.08. The van der Waals surface area contributed by atoms with Crippen LogP contribution in [0.4, 0.5) is 0 Å². The van der Waals surface area contributed by atoms with E-state index in [0.29, 0.717) is 5.92 Å². The second kappa shape index (κ2) is 6.57. The number of hydrogen-bond donors (Lipinski definition) is 0. The highest BCUT2D eigenvalue weighted by Crippen LogP contribution is 2.54. The van der Waals surface area contributed by atoms with Gasteiger partial charge in [0.15, 0.2) is 0 Å². The molecular weight excluding hydrogens is 320 g/mol. The Labute approximate surface area is 154 Å². The predicted octanol–water partition coefficient (Wildman–Crippen LogP) is 7.34. The molecular formula is C24H22S. The second-order valence-corrected chi connectivity index (χ2v) is 7.38. The molecule has 0 fully saturated rings. The number of aryl methyl sites for hydroxylation is 1. The summed E-state index contributed by atoms with van der Waals surface area (Å²) < 4.78 is 0. The molecule has 0 nitrogen and oxygen atoms in total. The first-order valence-electron chi connectivity index (χ1n) is 9.00. The van der Waals surface area contributed by atoms with Crippen LogP contribution in [0.2, 0.25) is 0 Å². The van der Waals surface area contributed by atoms with Crippen LogP contribution >= 0.6 is 11.8 Å². The molecule has 1 heterocycles. The topological polar surface area (TPSA) is 0 Å². The molecule has 25 heavy (non-hydrogen) atoms. The van der Waals surface area contributed by atoms with E-state index < -0.39 is 0 Å². The molecule has 0 radical (unpaired) electrons. The van der Waals surface area contributed by atoms with Gasteiger partial charge in [-0.1, -0.05) is 86.3 Å². The van der Waals surface area contributed by atoms with Crippen LogP contribution in [0.1, 0.15) is 36.5 Å². The highest BCUT2D eigenvalue weighted by molar-refractivity contribution is 8.03. The number of rotatable bonds is 1. The fourth-order valence-corrected chi connectivity index (χ4v) is 4.94. The van der Waals surface area contributed by atoms with Crippen molar-refractivity contribution in [2.45, 2.75) is 31.6 Å². The molecule has 0 aromatic heterocycles. The maximum absolute atomic E-state index is 2.44. The van der Waals surface area contributed by atoms with E-state index in [1.807, 2.05) is 25.6 Å². The molecule has 1 atom stereocenters. The third-order valence-electron chi connectivity index (χ3n) is 4.89.